The second kappa shape index (κ2) is 12.7. The lowest BCUT2D eigenvalue weighted by molar-refractivity contribution is -0.121. The third-order valence-electron chi connectivity index (χ3n) is 7.76. The number of nitrogens with zero attached hydrogens (tertiary/aromatic N) is 2. The van der Waals surface area contributed by atoms with Crippen LogP contribution in [-0.4, -0.2) is 44.4 Å². The van der Waals surface area contributed by atoms with E-state index in [-0.39, 0.29) is 18.7 Å². The number of pyridine rings is 1. The van der Waals surface area contributed by atoms with Crippen molar-refractivity contribution in [1.29, 1.82) is 0 Å². The third-order valence-corrected chi connectivity index (χ3v) is 8.65. The summed E-state index contributed by atoms with van der Waals surface area (Å²) >= 11 is 1.52. The number of carbonyl (C=O) groups is 1. The molecular formula is C32H34N4O4S. The number of carbonyl (C=O) groups excluding carboxylic acids is 1. The fourth-order valence-corrected chi connectivity index (χ4v) is 6.17. The summed E-state index contributed by atoms with van der Waals surface area (Å²) < 4.78 is 20.0. The van der Waals surface area contributed by atoms with E-state index in [1.54, 1.807) is 7.11 Å². The van der Waals surface area contributed by atoms with Gasteiger partial charge in [-0.1, -0.05) is 18.2 Å². The lowest BCUT2D eigenvalue weighted by Crippen LogP contribution is -2.39. The zero-order valence-corrected chi connectivity index (χ0v) is 23.9. The molecule has 0 saturated carbocycles. The summed E-state index contributed by atoms with van der Waals surface area (Å²) in [5, 5.41) is 5.46. The van der Waals surface area contributed by atoms with Crippen LogP contribution < -0.4 is 29.1 Å². The number of hydrogen-bond acceptors (Lipinski definition) is 8. The number of piperidine rings is 1. The topological polar surface area (TPSA) is 85.0 Å². The van der Waals surface area contributed by atoms with Crippen LogP contribution in [-0.2, 0) is 4.79 Å². The molecule has 8 nitrogen and oxygen atoms in total. The van der Waals surface area contributed by atoms with E-state index in [9.17, 15) is 4.79 Å². The highest BCUT2D eigenvalue weighted by Crippen LogP contribution is 2.36. The maximum absolute atomic E-state index is 13.2. The first-order chi connectivity index (χ1) is 20.1. The highest BCUT2D eigenvalue weighted by atomic mass is 32.2. The van der Waals surface area contributed by atoms with Crippen LogP contribution in [0.5, 0.6) is 17.2 Å². The molecule has 4 aromatic rings. The lowest BCUT2D eigenvalue weighted by atomic mass is 9.96. The fourth-order valence-electron chi connectivity index (χ4n) is 5.35. The van der Waals surface area contributed by atoms with E-state index < -0.39 is 0 Å². The normalized spacial score (nSPS) is 15.6. The molecule has 212 valence electrons. The van der Waals surface area contributed by atoms with Crippen molar-refractivity contribution in [2.45, 2.75) is 30.2 Å². The molecule has 0 bridgehead atoms. The van der Waals surface area contributed by atoms with Gasteiger partial charge in [-0.3, -0.25) is 14.5 Å². The molecule has 3 heterocycles. The van der Waals surface area contributed by atoms with Crippen molar-refractivity contribution in [2.24, 2.45) is 5.92 Å². The number of rotatable bonds is 10. The summed E-state index contributed by atoms with van der Waals surface area (Å²) in [7, 11) is 1.68. The number of methoxy groups -OCH3 is 1. The SMILES string of the molecule is COc1ccc2cc(SN[C@H](CC(=O)NCC3CCN(c4ccncc4)CC3)c3ccc4c(c3)OCO4)ccc2c1. The number of anilines is 1. The maximum atomic E-state index is 13.2. The average molecular weight is 571 g/mol. The van der Waals surface area contributed by atoms with Gasteiger partial charge < -0.3 is 24.4 Å². The Balaban J connectivity index is 1.08. The van der Waals surface area contributed by atoms with E-state index in [1.807, 2.05) is 42.7 Å². The molecule has 1 fully saturated rings. The van der Waals surface area contributed by atoms with Crippen molar-refractivity contribution in [1.82, 2.24) is 15.0 Å². The zero-order chi connectivity index (χ0) is 28.0. The standard InChI is InChI=1S/C32H34N4O4S/c1-38-27-5-2-24-17-28(6-3-23(24)16-27)41-35-29(25-4-7-30-31(18-25)40-21-39-30)19-32(37)34-20-22-10-14-36(15-11-22)26-8-12-33-13-9-26/h2-9,12-13,16-18,22,29,35H,10-11,14-15,19-21H2,1H3,(H,34,37)/t29-/m1/s1. The number of benzene rings is 3. The second-order valence-corrected chi connectivity index (χ2v) is 11.3. The summed E-state index contributed by atoms with van der Waals surface area (Å²) in [4.78, 5) is 20.8. The molecular weight excluding hydrogens is 536 g/mol. The predicted molar refractivity (Wildman–Crippen MR) is 162 cm³/mol. The Morgan fingerprint density at radius 1 is 1.00 bits per heavy atom. The highest BCUT2D eigenvalue weighted by molar-refractivity contribution is 7.97. The quantitative estimate of drug-likeness (QED) is 0.234. The Kier molecular flexibility index (Phi) is 8.44. The van der Waals surface area contributed by atoms with Gasteiger partial charge in [-0.05, 0) is 95.6 Å². The summed E-state index contributed by atoms with van der Waals surface area (Å²) in [6, 6.07) is 22.1. The van der Waals surface area contributed by atoms with E-state index in [1.165, 1.54) is 17.6 Å². The first-order valence-electron chi connectivity index (χ1n) is 14.0. The first kappa shape index (κ1) is 27.2. The number of aromatic nitrogens is 1. The van der Waals surface area contributed by atoms with Gasteiger partial charge in [0, 0.05) is 49.0 Å². The molecule has 0 unspecified atom stereocenters. The van der Waals surface area contributed by atoms with Crippen LogP contribution in [0.25, 0.3) is 10.8 Å². The van der Waals surface area contributed by atoms with E-state index >= 15 is 0 Å². The third kappa shape index (κ3) is 6.69. The molecule has 0 radical (unpaired) electrons. The summed E-state index contributed by atoms with van der Waals surface area (Å²) in [6.45, 7) is 2.88. The van der Waals surface area contributed by atoms with E-state index in [0.29, 0.717) is 24.6 Å². The molecule has 1 atom stereocenters. The average Bonchev–Trinajstić information content (AvgIpc) is 3.50. The van der Waals surface area contributed by atoms with Crippen molar-refractivity contribution >= 4 is 34.3 Å². The molecule has 41 heavy (non-hydrogen) atoms. The van der Waals surface area contributed by atoms with Gasteiger partial charge in [0.1, 0.15) is 5.75 Å². The number of nitrogens with one attached hydrogen (secondary N) is 2. The van der Waals surface area contributed by atoms with Crippen molar-refractivity contribution in [3.8, 4) is 17.2 Å². The van der Waals surface area contributed by atoms with Crippen molar-refractivity contribution < 1.29 is 19.0 Å². The van der Waals surface area contributed by atoms with Crippen LogP contribution in [0.15, 0.2) is 84.0 Å². The summed E-state index contributed by atoms with van der Waals surface area (Å²) in [5.74, 6) is 2.78. The van der Waals surface area contributed by atoms with E-state index in [0.717, 1.165) is 58.7 Å². The van der Waals surface area contributed by atoms with Crippen LogP contribution in [0.2, 0.25) is 0 Å². The predicted octanol–water partition coefficient (Wildman–Crippen LogP) is 5.73. The zero-order valence-electron chi connectivity index (χ0n) is 23.0. The molecule has 1 saturated heterocycles. The Morgan fingerprint density at radius 3 is 2.61 bits per heavy atom. The number of amides is 1. The lowest BCUT2D eigenvalue weighted by Gasteiger charge is -2.33. The molecule has 2 aliphatic rings. The number of ether oxygens (including phenoxy) is 3. The smallest absolute Gasteiger partial charge is 0.231 e. The van der Waals surface area contributed by atoms with Gasteiger partial charge in [0.2, 0.25) is 12.7 Å². The minimum absolute atomic E-state index is 0.0305. The number of fused-ring (bicyclic) bond motifs is 2. The van der Waals surface area contributed by atoms with E-state index in [4.69, 9.17) is 14.2 Å². The van der Waals surface area contributed by atoms with Gasteiger partial charge in [0.25, 0.3) is 0 Å². The molecule has 2 N–H and O–H groups in total. The van der Waals surface area contributed by atoms with Crippen LogP contribution in [0, 0.1) is 5.92 Å². The Labute approximate surface area is 244 Å². The Hall–Kier alpha value is -3.95. The first-order valence-corrected chi connectivity index (χ1v) is 14.8. The van der Waals surface area contributed by atoms with Gasteiger partial charge >= 0.3 is 0 Å². The van der Waals surface area contributed by atoms with Crippen LogP contribution >= 0.6 is 11.9 Å². The van der Waals surface area contributed by atoms with E-state index in [2.05, 4.69) is 56.3 Å². The van der Waals surface area contributed by atoms with Crippen molar-refractivity contribution in [3.05, 3.63) is 84.7 Å². The number of hydrogen-bond donors (Lipinski definition) is 2. The van der Waals surface area contributed by atoms with Crippen LogP contribution in [0.1, 0.15) is 30.9 Å². The molecule has 9 heteroatoms. The van der Waals surface area contributed by atoms with Gasteiger partial charge in [0.05, 0.1) is 13.2 Å². The monoisotopic (exact) mass is 570 g/mol. The minimum Gasteiger partial charge on any atom is -0.497 e. The molecule has 1 aromatic heterocycles. The summed E-state index contributed by atoms with van der Waals surface area (Å²) in [6.07, 6.45) is 6.09. The largest absolute Gasteiger partial charge is 0.497 e. The molecule has 0 aliphatic carbocycles. The van der Waals surface area contributed by atoms with Crippen LogP contribution in [0.4, 0.5) is 5.69 Å². The second-order valence-electron chi connectivity index (χ2n) is 10.4. The highest BCUT2D eigenvalue weighted by Gasteiger charge is 2.23. The maximum Gasteiger partial charge on any atom is 0.231 e. The van der Waals surface area contributed by atoms with Crippen molar-refractivity contribution in [2.75, 3.05) is 38.4 Å². The van der Waals surface area contributed by atoms with Crippen molar-refractivity contribution in [3.63, 3.8) is 0 Å². The molecule has 0 spiro atoms. The molecule has 1 amide bonds. The Morgan fingerprint density at radius 2 is 1.78 bits per heavy atom. The summed E-state index contributed by atoms with van der Waals surface area (Å²) in [5.41, 5.74) is 2.19. The van der Waals surface area contributed by atoms with Gasteiger partial charge in [-0.25, -0.2) is 0 Å². The minimum atomic E-state index is -0.213. The Bertz CT molecular complexity index is 1490. The van der Waals surface area contributed by atoms with Gasteiger partial charge in [-0.2, -0.15) is 0 Å². The van der Waals surface area contributed by atoms with Gasteiger partial charge in [0.15, 0.2) is 11.5 Å². The molecule has 6 rings (SSSR count). The fraction of sp³-hybridized carbons (Fsp3) is 0.312. The van der Waals surface area contributed by atoms with Crippen LogP contribution in [0.3, 0.4) is 0 Å². The van der Waals surface area contributed by atoms with Gasteiger partial charge in [-0.15, -0.1) is 0 Å². The molecule has 3 aromatic carbocycles. The molecule has 2 aliphatic heterocycles.